The van der Waals surface area contributed by atoms with Crippen LogP contribution in [0, 0.1) is 6.92 Å². The fourth-order valence-corrected chi connectivity index (χ4v) is 14.4. The first-order valence-electron chi connectivity index (χ1n) is 21.0. The van der Waals surface area contributed by atoms with Gasteiger partial charge >= 0.3 is 363 Å². The van der Waals surface area contributed by atoms with E-state index in [2.05, 4.69) is 9.88 Å². The first-order valence-corrected chi connectivity index (χ1v) is 24.4. The minimum atomic E-state index is -3.87. The van der Waals surface area contributed by atoms with E-state index in [0.29, 0.717) is 22.9 Å². The van der Waals surface area contributed by atoms with Crippen LogP contribution in [0.1, 0.15) is 67.0 Å². The summed E-state index contributed by atoms with van der Waals surface area (Å²) in [6, 6.07) is 25.5. The third kappa shape index (κ3) is 9.27. The van der Waals surface area contributed by atoms with Gasteiger partial charge in [0.05, 0.1) is 0 Å². The van der Waals surface area contributed by atoms with Crippen molar-refractivity contribution in [2.45, 2.75) is 86.9 Å². The molecule has 328 valence electrons. The van der Waals surface area contributed by atoms with Gasteiger partial charge in [-0.05, 0) is 0 Å². The molecule has 8 rings (SSSR count). The molecule has 14 nitrogen and oxygen atoms in total. The molecule has 1 aromatic heterocycles. The number of aliphatic imine (C=N–C) groups is 1. The van der Waals surface area contributed by atoms with Crippen molar-refractivity contribution in [1.82, 2.24) is 14.5 Å². The molecule has 1 aliphatic carbocycles. The third-order valence-corrected chi connectivity index (χ3v) is 16.7. The van der Waals surface area contributed by atoms with E-state index in [0.717, 1.165) is 67.6 Å². The second kappa shape index (κ2) is 19.2. The van der Waals surface area contributed by atoms with Crippen LogP contribution in [0.3, 0.4) is 0 Å². The second-order valence-corrected chi connectivity index (χ2v) is 20.5. The summed E-state index contributed by atoms with van der Waals surface area (Å²) in [5.74, 6) is 2.64. The zero-order valence-electron chi connectivity index (χ0n) is 35.4. The molecule has 4 aromatic rings. The van der Waals surface area contributed by atoms with Gasteiger partial charge in [0.2, 0.25) is 0 Å². The molecule has 61 heavy (non-hydrogen) atoms. The Morgan fingerprint density at radius 2 is 1.57 bits per heavy atom. The summed E-state index contributed by atoms with van der Waals surface area (Å²) in [7, 11) is 2.98. The van der Waals surface area contributed by atoms with Crippen LogP contribution in [0.5, 0.6) is 11.5 Å². The average molecular weight is 877 g/mol. The summed E-state index contributed by atoms with van der Waals surface area (Å²) in [6.45, 7) is 3.16. The Balaban J connectivity index is 1.22. The van der Waals surface area contributed by atoms with E-state index in [4.69, 9.17) is 42.5 Å². The van der Waals surface area contributed by atoms with Gasteiger partial charge in [0.25, 0.3) is 0 Å². The Morgan fingerprint density at radius 1 is 0.902 bits per heavy atom. The molecule has 0 spiro atoms. The number of likely N-dealkylation sites (tertiary alicyclic amines) is 1. The zero-order chi connectivity index (χ0) is 42.6. The summed E-state index contributed by atoms with van der Waals surface area (Å²) in [6.07, 6.45) is 3.58. The fourth-order valence-electron chi connectivity index (χ4n) is 8.82. The van der Waals surface area contributed by atoms with E-state index in [9.17, 15) is 9.69 Å². The average Bonchev–Trinajstić information content (AvgIpc) is 3.96. The summed E-state index contributed by atoms with van der Waals surface area (Å²) in [4.78, 5) is 37.7. The van der Waals surface area contributed by atoms with Crippen molar-refractivity contribution in [3.8, 4) is 11.5 Å². The van der Waals surface area contributed by atoms with Crippen molar-refractivity contribution in [1.29, 1.82) is 0 Å². The van der Waals surface area contributed by atoms with Crippen LogP contribution in [0.25, 0.3) is 0 Å². The molecule has 6 atom stereocenters. The standard InChI is InChI=1S/C45H57N4O10PS/c1-30-28-49(44(50)47-42(30)46-39-16-11-25-48(39)2)43-41(55-27-26-52-3)40(59-60(51)58-36-14-9-10-15-38(36)61-60)37(57-43)29-56-45(31-12-7-6-8-13-31,32-17-21-34(53-4)22-18-32)33-19-23-35(54-5)24-20-33/h6-8,12-13,17-24,28,36-38,40-41,43,51,60H,9-11,14-16,25-27,29H2,1-5H3/b46-39+/t36-,37-,38-,40-,41-,43-/m1/s1. The summed E-state index contributed by atoms with van der Waals surface area (Å²) in [5, 5.41) is 0.129. The maximum atomic E-state index is 14.1. The van der Waals surface area contributed by atoms with Gasteiger partial charge in [-0.2, -0.15) is 0 Å². The molecule has 4 fully saturated rings. The summed E-state index contributed by atoms with van der Waals surface area (Å²) < 4.78 is 52.2. The monoisotopic (exact) mass is 876 g/mol. The normalized spacial score (nSPS) is 26.1. The van der Waals surface area contributed by atoms with Gasteiger partial charge < -0.3 is 0 Å². The number of fused-ring (bicyclic) bond motifs is 1. The quantitative estimate of drug-likeness (QED) is 0.0694. The predicted molar refractivity (Wildman–Crippen MR) is 236 cm³/mol. The van der Waals surface area contributed by atoms with Crippen LogP contribution < -0.4 is 15.2 Å². The number of nitrogens with zero attached hydrogens (tertiary/aromatic N) is 4. The number of aryl methyl sites for hydroxylation is 1. The number of hydrogen-bond donors (Lipinski definition) is 1. The van der Waals surface area contributed by atoms with Crippen LogP contribution in [0.2, 0.25) is 0 Å². The van der Waals surface area contributed by atoms with Crippen molar-refractivity contribution in [2.75, 3.05) is 54.7 Å². The molecular formula is C45H57N4O10PS. The number of ether oxygens (including phenoxy) is 6. The minimum absolute atomic E-state index is 0.0561. The van der Waals surface area contributed by atoms with Crippen LogP contribution in [-0.4, -0.2) is 110 Å². The molecule has 3 aliphatic heterocycles. The van der Waals surface area contributed by atoms with Crippen molar-refractivity contribution in [2.24, 2.45) is 4.99 Å². The molecule has 16 heteroatoms. The molecule has 1 N–H and O–H groups in total. The Kier molecular flexibility index (Phi) is 13.8. The molecule has 0 radical (unpaired) electrons. The third-order valence-electron chi connectivity index (χ3n) is 12.0. The van der Waals surface area contributed by atoms with E-state index in [1.54, 1.807) is 27.5 Å². The number of aromatic nitrogens is 2. The molecule has 4 heterocycles. The Bertz CT molecular complexity index is 2120. The zero-order valence-corrected chi connectivity index (χ0v) is 37.3. The van der Waals surface area contributed by atoms with Crippen LogP contribution in [-0.2, 0) is 33.6 Å². The van der Waals surface area contributed by atoms with Gasteiger partial charge in [0.15, 0.2) is 0 Å². The van der Waals surface area contributed by atoms with Crippen LogP contribution >= 0.6 is 18.5 Å². The SMILES string of the molecule is COCCO[C@@H]1[C@H](O[PH]2(O)O[C@@H]3CCCC[C@H]3S2)[C@@H](COC(c2ccccc2)(c2ccc(OC)cc2)c2ccc(OC)cc2)O[C@H]1n1cc(C)c(/N=C2\CCCN2C)nc1=O. The summed E-state index contributed by atoms with van der Waals surface area (Å²) in [5.41, 5.74) is 1.47. The Labute approximate surface area is 361 Å². The number of amidine groups is 1. The fraction of sp³-hybridized carbons (Fsp3) is 0.489. The number of benzene rings is 3. The first kappa shape index (κ1) is 43.7. The molecule has 3 aromatic carbocycles. The van der Waals surface area contributed by atoms with Gasteiger partial charge in [0, 0.05) is 0 Å². The molecule has 0 amide bonds. The molecule has 0 unspecified atom stereocenters. The molecule has 4 aliphatic rings. The van der Waals surface area contributed by atoms with E-state index < -0.39 is 43.0 Å². The molecule has 3 saturated heterocycles. The number of rotatable bonds is 16. The van der Waals surface area contributed by atoms with Crippen molar-refractivity contribution in [3.05, 3.63) is 118 Å². The van der Waals surface area contributed by atoms with E-state index in [1.165, 1.54) is 15.9 Å². The predicted octanol–water partition coefficient (Wildman–Crippen LogP) is 7.12. The molecule has 1 saturated carbocycles. The maximum absolute atomic E-state index is 14.1. The van der Waals surface area contributed by atoms with Crippen LogP contribution in [0.4, 0.5) is 5.82 Å². The van der Waals surface area contributed by atoms with Crippen LogP contribution in [0.15, 0.2) is 94.8 Å². The van der Waals surface area contributed by atoms with Crippen molar-refractivity contribution in [3.63, 3.8) is 0 Å². The Morgan fingerprint density at radius 3 is 2.20 bits per heavy atom. The number of methoxy groups -OCH3 is 3. The van der Waals surface area contributed by atoms with Gasteiger partial charge in [-0.15, -0.1) is 0 Å². The van der Waals surface area contributed by atoms with Gasteiger partial charge in [0.1, 0.15) is 0 Å². The molecular weight excluding hydrogens is 820 g/mol. The van der Waals surface area contributed by atoms with Gasteiger partial charge in [-0.1, -0.05) is 0 Å². The Hall–Kier alpha value is -3.89. The van der Waals surface area contributed by atoms with Crippen molar-refractivity contribution >= 4 is 30.2 Å². The topological polar surface area (TPSA) is 145 Å². The van der Waals surface area contributed by atoms with Crippen molar-refractivity contribution < 1.29 is 42.4 Å². The van der Waals surface area contributed by atoms with E-state index >= 15 is 0 Å². The second-order valence-electron chi connectivity index (χ2n) is 15.9. The van der Waals surface area contributed by atoms with E-state index in [1.807, 2.05) is 92.8 Å². The first-order chi connectivity index (χ1) is 29.6. The number of hydrogen-bond acceptors (Lipinski definition) is 13. The van der Waals surface area contributed by atoms with Gasteiger partial charge in [-0.25, -0.2) is 0 Å². The summed E-state index contributed by atoms with van der Waals surface area (Å²) >= 11 is 1.41. The van der Waals surface area contributed by atoms with E-state index in [-0.39, 0.29) is 31.2 Å². The van der Waals surface area contributed by atoms with Gasteiger partial charge in [-0.3, -0.25) is 0 Å². The molecule has 0 bridgehead atoms.